The SMILES string of the molecule is CC[C@@H](C)C[C@@H](C)C[C@H]1Cc2ccc(Br)cc2/C1=N/S(=O)C(C)(C)C. The third kappa shape index (κ3) is 5.50. The second-order valence-electron chi connectivity index (χ2n) is 8.63. The standard InChI is InChI=1S/C21H32BrNOS/c1-7-14(2)10-15(3)11-17-12-16-8-9-18(22)13-19(16)20(17)23-25(24)21(4,5)6/h8-9,13-15,17H,7,10-12H2,1-6H3/b23-20+/t14-,15-,17+,25?/m1/s1. The zero-order chi connectivity index (χ0) is 18.8. The first-order chi connectivity index (χ1) is 11.6. The molecule has 0 heterocycles. The van der Waals surface area contributed by atoms with E-state index in [9.17, 15) is 4.21 Å². The molecule has 1 aliphatic carbocycles. The maximum absolute atomic E-state index is 12.7. The summed E-state index contributed by atoms with van der Waals surface area (Å²) in [5, 5.41) is 0. The zero-order valence-corrected chi connectivity index (χ0v) is 18.8. The van der Waals surface area contributed by atoms with Gasteiger partial charge in [-0.05, 0) is 69.6 Å². The van der Waals surface area contributed by atoms with Gasteiger partial charge in [0.1, 0.15) is 11.0 Å². The van der Waals surface area contributed by atoms with E-state index in [0.717, 1.165) is 28.9 Å². The van der Waals surface area contributed by atoms with Crippen LogP contribution in [0.3, 0.4) is 0 Å². The molecule has 140 valence electrons. The highest BCUT2D eigenvalue weighted by molar-refractivity contribution is 9.10. The van der Waals surface area contributed by atoms with E-state index in [1.54, 1.807) is 0 Å². The number of fused-ring (bicyclic) bond motifs is 1. The summed E-state index contributed by atoms with van der Waals surface area (Å²) in [6.45, 7) is 12.9. The number of benzene rings is 1. The summed E-state index contributed by atoms with van der Waals surface area (Å²) in [7, 11) is -1.22. The highest BCUT2D eigenvalue weighted by atomic mass is 79.9. The van der Waals surface area contributed by atoms with Crippen LogP contribution in [-0.2, 0) is 17.4 Å². The quantitative estimate of drug-likeness (QED) is 0.522. The van der Waals surface area contributed by atoms with Crippen LogP contribution >= 0.6 is 15.9 Å². The minimum atomic E-state index is -1.22. The number of hydrogen-bond acceptors (Lipinski definition) is 1. The largest absolute Gasteiger partial charge is 0.234 e. The first kappa shape index (κ1) is 20.8. The molecule has 0 spiro atoms. The van der Waals surface area contributed by atoms with Gasteiger partial charge in [-0.2, -0.15) is 4.40 Å². The lowest BCUT2D eigenvalue weighted by molar-refractivity contribution is 0.362. The Labute approximate surface area is 164 Å². The molecule has 2 nitrogen and oxygen atoms in total. The smallest absolute Gasteiger partial charge is 0.145 e. The van der Waals surface area contributed by atoms with E-state index in [4.69, 9.17) is 4.40 Å². The van der Waals surface area contributed by atoms with Gasteiger partial charge < -0.3 is 0 Å². The Kier molecular flexibility index (Phi) is 7.06. The lowest BCUT2D eigenvalue weighted by atomic mass is 9.86. The van der Waals surface area contributed by atoms with Gasteiger partial charge in [0.05, 0.1) is 10.5 Å². The molecule has 4 heteroatoms. The molecule has 0 amide bonds. The first-order valence-corrected chi connectivity index (χ1v) is 11.3. The average Bonchev–Trinajstić information content (AvgIpc) is 2.83. The van der Waals surface area contributed by atoms with Crippen LogP contribution in [-0.4, -0.2) is 14.7 Å². The third-order valence-corrected chi connectivity index (χ3v) is 7.00. The van der Waals surface area contributed by atoms with Gasteiger partial charge in [-0.25, -0.2) is 4.21 Å². The monoisotopic (exact) mass is 425 g/mol. The second kappa shape index (κ2) is 8.47. The first-order valence-electron chi connectivity index (χ1n) is 9.41. The van der Waals surface area contributed by atoms with Gasteiger partial charge in [0.2, 0.25) is 0 Å². The van der Waals surface area contributed by atoms with Crippen LogP contribution in [0, 0.1) is 17.8 Å². The topological polar surface area (TPSA) is 29.4 Å². The van der Waals surface area contributed by atoms with Gasteiger partial charge in [-0.15, -0.1) is 0 Å². The van der Waals surface area contributed by atoms with Crippen molar-refractivity contribution in [2.24, 2.45) is 22.2 Å². The molecule has 4 atom stereocenters. The number of hydrogen-bond donors (Lipinski definition) is 0. The van der Waals surface area contributed by atoms with Crippen LogP contribution in [0.4, 0.5) is 0 Å². The van der Waals surface area contributed by atoms with Crippen molar-refractivity contribution in [2.75, 3.05) is 0 Å². The minimum absolute atomic E-state index is 0.325. The van der Waals surface area contributed by atoms with E-state index in [-0.39, 0.29) is 4.75 Å². The summed E-state index contributed by atoms with van der Waals surface area (Å²) < 4.78 is 18.2. The molecule has 1 unspecified atom stereocenters. The fraction of sp³-hybridized carbons (Fsp3) is 0.667. The molecule has 0 aromatic heterocycles. The van der Waals surface area contributed by atoms with Crippen LogP contribution in [0.25, 0.3) is 0 Å². The molecular weight excluding hydrogens is 394 g/mol. The average molecular weight is 426 g/mol. The molecule has 0 aliphatic heterocycles. The van der Waals surface area contributed by atoms with Crippen molar-refractivity contribution in [3.05, 3.63) is 33.8 Å². The predicted octanol–water partition coefficient (Wildman–Crippen LogP) is 6.34. The van der Waals surface area contributed by atoms with Crippen LogP contribution in [0.2, 0.25) is 0 Å². The summed E-state index contributed by atoms with van der Waals surface area (Å²) in [6.07, 6.45) is 4.63. The van der Waals surface area contributed by atoms with Gasteiger partial charge in [-0.1, -0.05) is 49.2 Å². The van der Waals surface area contributed by atoms with Crippen LogP contribution in [0.15, 0.2) is 27.1 Å². The molecule has 1 aliphatic rings. The lowest BCUT2D eigenvalue weighted by Gasteiger charge is -2.21. The lowest BCUT2D eigenvalue weighted by Crippen LogP contribution is -2.23. The summed E-state index contributed by atoms with van der Waals surface area (Å²) in [4.78, 5) is 0. The molecule has 1 aromatic rings. The highest BCUT2D eigenvalue weighted by Gasteiger charge is 2.32. The van der Waals surface area contributed by atoms with E-state index >= 15 is 0 Å². The normalized spacial score (nSPS) is 22.7. The van der Waals surface area contributed by atoms with Crippen LogP contribution in [0.1, 0.15) is 71.9 Å². The molecule has 0 radical (unpaired) electrons. The van der Waals surface area contributed by atoms with E-state index in [2.05, 4.69) is 54.9 Å². The van der Waals surface area contributed by atoms with Crippen molar-refractivity contribution in [3.8, 4) is 0 Å². The maximum atomic E-state index is 12.7. The van der Waals surface area contributed by atoms with E-state index in [1.165, 1.54) is 24.0 Å². The molecule has 0 N–H and O–H groups in total. The Morgan fingerprint density at radius 3 is 2.56 bits per heavy atom. The van der Waals surface area contributed by atoms with Gasteiger partial charge in [0.25, 0.3) is 0 Å². The second-order valence-corrected chi connectivity index (χ2v) is 11.5. The van der Waals surface area contributed by atoms with Crippen molar-refractivity contribution in [3.63, 3.8) is 0 Å². The Bertz CT molecular complexity index is 662. The van der Waals surface area contributed by atoms with Gasteiger partial charge in [0, 0.05) is 16.0 Å². The summed E-state index contributed by atoms with van der Waals surface area (Å²) in [6, 6.07) is 6.43. The molecule has 0 saturated heterocycles. The Morgan fingerprint density at radius 1 is 1.28 bits per heavy atom. The van der Waals surface area contributed by atoms with E-state index < -0.39 is 11.0 Å². The Morgan fingerprint density at radius 2 is 1.96 bits per heavy atom. The Balaban J connectivity index is 2.30. The molecule has 0 fully saturated rings. The number of halogens is 1. The Hall–Kier alpha value is -0.480. The third-order valence-electron chi connectivity index (χ3n) is 5.09. The van der Waals surface area contributed by atoms with Crippen molar-refractivity contribution in [1.82, 2.24) is 0 Å². The fourth-order valence-electron chi connectivity index (χ4n) is 3.53. The maximum Gasteiger partial charge on any atom is 0.145 e. The van der Waals surface area contributed by atoms with Crippen molar-refractivity contribution >= 4 is 32.6 Å². The zero-order valence-electron chi connectivity index (χ0n) is 16.4. The molecule has 0 saturated carbocycles. The van der Waals surface area contributed by atoms with Crippen LogP contribution in [0.5, 0.6) is 0 Å². The summed E-state index contributed by atoms with van der Waals surface area (Å²) in [5.41, 5.74) is 3.59. The molecule has 1 aromatic carbocycles. The molecule has 2 rings (SSSR count). The summed E-state index contributed by atoms with van der Waals surface area (Å²) in [5.74, 6) is 1.80. The molecule has 25 heavy (non-hydrogen) atoms. The number of nitrogens with zero attached hydrogens (tertiary/aromatic N) is 1. The van der Waals surface area contributed by atoms with E-state index in [0.29, 0.717) is 11.8 Å². The molecule has 0 bridgehead atoms. The minimum Gasteiger partial charge on any atom is -0.234 e. The highest BCUT2D eigenvalue weighted by Crippen LogP contribution is 2.35. The van der Waals surface area contributed by atoms with Crippen LogP contribution < -0.4 is 0 Å². The van der Waals surface area contributed by atoms with Crippen molar-refractivity contribution in [2.45, 2.75) is 72.0 Å². The van der Waals surface area contributed by atoms with E-state index in [1.807, 2.05) is 20.8 Å². The van der Waals surface area contributed by atoms with Crippen molar-refractivity contribution in [1.29, 1.82) is 0 Å². The summed E-state index contributed by atoms with van der Waals surface area (Å²) >= 11 is 3.58. The fourth-order valence-corrected chi connectivity index (χ4v) is 4.59. The van der Waals surface area contributed by atoms with Gasteiger partial charge >= 0.3 is 0 Å². The molecular formula is C21H32BrNOS. The number of rotatable bonds is 6. The van der Waals surface area contributed by atoms with Gasteiger partial charge in [0.15, 0.2) is 0 Å². The van der Waals surface area contributed by atoms with Crippen molar-refractivity contribution < 1.29 is 4.21 Å². The van der Waals surface area contributed by atoms with Gasteiger partial charge in [-0.3, -0.25) is 0 Å². The predicted molar refractivity (Wildman–Crippen MR) is 114 cm³/mol.